The first kappa shape index (κ1) is 23.4. The van der Waals surface area contributed by atoms with Crippen LogP contribution in [0.3, 0.4) is 0 Å². The van der Waals surface area contributed by atoms with Crippen LogP contribution in [0.15, 0.2) is 51.7 Å². The fourth-order valence-corrected chi connectivity index (χ4v) is 4.10. The van der Waals surface area contributed by atoms with Crippen molar-refractivity contribution in [3.8, 4) is 0 Å². The maximum Gasteiger partial charge on any atom is 0.269 e. The number of likely N-dealkylation sites (N-methyl/N-ethyl adjacent to an activating group) is 1. The highest BCUT2D eigenvalue weighted by Gasteiger charge is 2.23. The van der Waals surface area contributed by atoms with Gasteiger partial charge in [-0.3, -0.25) is 24.5 Å². The van der Waals surface area contributed by atoms with Crippen molar-refractivity contribution in [1.29, 1.82) is 0 Å². The molecule has 0 bridgehead atoms. The highest BCUT2D eigenvalue weighted by Crippen LogP contribution is 2.19. The van der Waals surface area contributed by atoms with Gasteiger partial charge < -0.3 is 15.2 Å². The van der Waals surface area contributed by atoms with Gasteiger partial charge in [-0.25, -0.2) is 0 Å². The van der Waals surface area contributed by atoms with Crippen LogP contribution in [0.2, 0.25) is 0 Å². The van der Waals surface area contributed by atoms with Gasteiger partial charge in [-0.1, -0.05) is 6.92 Å². The van der Waals surface area contributed by atoms with E-state index in [4.69, 9.17) is 0 Å². The predicted molar refractivity (Wildman–Crippen MR) is 129 cm³/mol. The molecule has 8 nitrogen and oxygen atoms in total. The SMILES string of the molecule is C=N/C(=C\C=C(/C)N1CCN(Cc2cnc3cc(CC)c(=O)[nH]c3c2)C[C@H]1C)C(=O)NC. The second-order valence-electron chi connectivity index (χ2n) is 8.13. The predicted octanol–water partition coefficient (Wildman–Crippen LogP) is 2.23. The van der Waals surface area contributed by atoms with Gasteiger partial charge in [0.2, 0.25) is 0 Å². The fourth-order valence-electron chi connectivity index (χ4n) is 4.10. The lowest BCUT2D eigenvalue weighted by atomic mass is 10.1. The van der Waals surface area contributed by atoms with Crippen LogP contribution in [0.25, 0.3) is 11.0 Å². The van der Waals surface area contributed by atoms with Gasteiger partial charge in [-0.2, -0.15) is 0 Å². The molecule has 1 atom stereocenters. The second kappa shape index (κ2) is 10.4. The van der Waals surface area contributed by atoms with E-state index in [2.05, 4.69) is 43.7 Å². The van der Waals surface area contributed by atoms with E-state index < -0.39 is 0 Å². The summed E-state index contributed by atoms with van der Waals surface area (Å²) in [6.45, 7) is 13.1. The number of aromatic amines is 1. The molecule has 2 aromatic heterocycles. The van der Waals surface area contributed by atoms with Gasteiger partial charge in [-0.15, -0.1) is 0 Å². The highest BCUT2D eigenvalue weighted by molar-refractivity contribution is 5.93. The smallest absolute Gasteiger partial charge is 0.269 e. The Bertz CT molecular complexity index is 1120. The van der Waals surface area contributed by atoms with Crippen molar-refractivity contribution >= 4 is 23.7 Å². The number of H-pyrrole nitrogens is 1. The first-order valence-corrected chi connectivity index (χ1v) is 10.9. The second-order valence-corrected chi connectivity index (χ2v) is 8.13. The molecule has 32 heavy (non-hydrogen) atoms. The number of aliphatic imine (C=N–C) groups is 1. The number of nitrogens with one attached hydrogen (secondary N) is 2. The molecule has 2 aromatic rings. The molecule has 8 heteroatoms. The number of carbonyl (C=O) groups is 1. The molecule has 0 saturated carbocycles. The van der Waals surface area contributed by atoms with Crippen molar-refractivity contribution < 1.29 is 4.79 Å². The molecule has 3 rings (SSSR count). The van der Waals surface area contributed by atoms with Crippen LogP contribution in [-0.4, -0.2) is 65.1 Å². The van der Waals surface area contributed by atoms with Gasteiger partial charge in [0.1, 0.15) is 5.70 Å². The molecule has 1 aliphatic rings. The Labute approximate surface area is 188 Å². The Kier molecular flexibility index (Phi) is 7.58. The standard InChI is InChI=1S/C24H32N6O2/c1-6-19-12-21-22(28-23(19)31)11-18(13-27-21)15-29-9-10-30(17(3)14-29)16(2)7-8-20(25-4)24(32)26-5/h7-8,11-13,17H,4,6,9-10,14-15H2,1-3,5H3,(H,26,32)(H,28,31)/b16-7+,20-8-/t17-/m1/s1. The van der Waals surface area contributed by atoms with Gasteiger partial charge in [-0.05, 0) is 56.8 Å². The third-order valence-electron chi connectivity index (χ3n) is 5.89. The zero-order valence-electron chi connectivity index (χ0n) is 19.3. The zero-order chi connectivity index (χ0) is 23.3. The summed E-state index contributed by atoms with van der Waals surface area (Å²) in [5, 5.41) is 2.56. The molecular weight excluding hydrogens is 404 g/mol. The van der Waals surface area contributed by atoms with Crippen LogP contribution in [0, 0.1) is 0 Å². The quantitative estimate of drug-likeness (QED) is 0.394. The van der Waals surface area contributed by atoms with Crippen LogP contribution in [0.4, 0.5) is 0 Å². The number of aryl methyl sites for hydroxylation is 1. The van der Waals surface area contributed by atoms with Crippen molar-refractivity contribution in [2.45, 2.75) is 39.8 Å². The van der Waals surface area contributed by atoms with Crippen molar-refractivity contribution in [1.82, 2.24) is 25.1 Å². The summed E-state index contributed by atoms with van der Waals surface area (Å²) in [5.74, 6) is -0.252. The Morgan fingerprint density at radius 2 is 2.16 bits per heavy atom. The number of pyridine rings is 2. The molecule has 3 heterocycles. The van der Waals surface area contributed by atoms with Gasteiger partial charge in [0.05, 0.1) is 11.0 Å². The maximum absolute atomic E-state index is 12.1. The third kappa shape index (κ3) is 5.31. The molecule has 170 valence electrons. The summed E-state index contributed by atoms with van der Waals surface area (Å²) in [6.07, 6.45) is 6.21. The summed E-state index contributed by atoms with van der Waals surface area (Å²) in [7, 11) is 1.57. The largest absolute Gasteiger partial charge is 0.370 e. The molecular formula is C24H32N6O2. The van der Waals surface area contributed by atoms with Gasteiger partial charge in [0.15, 0.2) is 0 Å². The van der Waals surface area contributed by atoms with Crippen LogP contribution in [0.1, 0.15) is 31.9 Å². The molecule has 1 saturated heterocycles. The average Bonchev–Trinajstić information content (AvgIpc) is 2.78. The lowest BCUT2D eigenvalue weighted by molar-refractivity contribution is -0.117. The van der Waals surface area contributed by atoms with E-state index >= 15 is 0 Å². The molecule has 0 spiro atoms. The number of rotatable bonds is 7. The number of amides is 1. The van der Waals surface area contributed by atoms with Crippen molar-refractivity contribution in [3.05, 3.63) is 63.4 Å². The monoisotopic (exact) mass is 436 g/mol. The van der Waals surface area contributed by atoms with E-state index in [1.54, 1.807) is 13.1 Å². The molecule has 2 N–H and O–H groups in total. The highest BCUT2D eigenvalue weighted by atomic mass is 16.2. The number of hydrogen-bond acceptors (Lipinski definition) is 6. The van der Waals surface area contributed by atoms with Crippen molar-refractivity contribution in [2.75, 3.05) is 26.7 Å². The normalized spacial score (nSPS) is 18.1. The lowest BCUT2D eigenvalue weighted by Crippen LogP contribution is -2.50. The summed E-state index contributed by atoms with van der Waals surface area (Å²) in [6, 6.07) is 4.22. The number of carbonyl (C=O) groups excluding carboxylic acids is 1. The lowest BCUT2D eigenvalue weighted by Gasteiger charge is -2.41. The summed E-state index contributed by atoms with van der Waals surface area (Å²) < 4.78 is 0. The Hall–Kier alpha value is -3.26. The molecule has 1 fully saturated rings. The van der Waals surface area contributed by atoms with Gasteiger partial charge in [0.25, 0.3) is 11.5 Å². The first-order valence-electron chi connectivity index (χ1n) is 10.9. The minimum Gasteiger partial charge on any atom is -0.370 e. The Morgan fingerprint density at radius 3 is 2.81 bits per heavy atom. The van der Waals surface area contributed by atoms with E-state index in [-0.39, 0.29) is 11.5 Å². The Morgan fingerprint density at radius 1 is 1.38 bits per heavy atom. The fraction of sp³-hybridized carbons (Fsp3) is 0.417. The van der Waals surface area contributed by atoms with Crippen molar-refractivity contribution in [2.24, 2.45) is 4.99 Å². The van der Waals surface area contributed by atoms with E-state index in [1.807, 2.05) is 38.3 Å². The van der Waals surface area contributed by atoms with E-state index in [1.165, 1.54) is 0 Å². The summed E-state index contributed by atoms with van der Waals surface area (Å²) >= 11 is 0. The molecule has 1 aliphatic heterocycles. The number of allylic oxidation sites excluding steroid dienone is 3. The summed E-state index contributed by atoms with van der Waals surface area (Å²) in [4.78, 5) is 39.9. The van der Waals surface area contributed by atoms with Crippen LogP contribution >= 0.6 is 0 Å². The van der Waals surface area contributed by atoms with Crippen molar-refractivity contribution in [3.63, 3.8) is 0 Å². The topological polar surface area (TPSA) is 93.7 Å². The number of hydrogen-bond donors (Lipinski definition) is 2. The summed E-state index contributed by atoms with van der Waals surface area (Å²) in [5.41, 5.74) is 4.79. The van der Waals surface area contributed by atoms with Gasteiger partial charge in [0, 0.05) is 56.7 Å². The molecule has 0 aliphatic carbocycles. The van der Waals surface area contributed by atoms with Gasteiger partial charge >= 0.3 is 0 Å². The third-order valence-corrected chi connectivity index (χ3v) is 5.89. The molecule has 1 amide bonds. The number of piperazine rings is 1. The minimum absolute atomic E-state index is 0.0382. The number of nitrogens with zero attached hydrogens (tertiary/aromatic N) is 4. The Balaban J connectivity index is 1.67. The van der Waals surface area contributed by atoms with Crippen LogP contribution in [-0.2, 0) is 17.8 Å². The van der Waals surface area contributed by atoms with Crippen LogP contribution < -0.4 is 10.9 Å². The maximum atomic E-state index is 12.1. The zero-order valence-corrected chi connectivity index (χ0v) is 19.3. The number of aromatic nitrogens is 2. The molecule has 0 aromatic carbocycles. The van der Waals surface area contributed by atoms with E-state index in [9.17, 15) is 9.59 Å². The van der Waals surface area contributed by atoms with Crippen LogP contribution in [0.5, 0.6) is 0 Å². The van der Waals surface area contributed by atoms with E-state index in [0.29, 0.717) is 18.2 Å². The van der Waals surface area contributed by atoms with E-state index in [0.717, 1.165) is 54.0 Å². The average molecular weight is 437 g/mol. The molecule has 0 radical (unpaired) electrons. The number of fused-ring (bicyclic) bond motifs is 1. The minimum atomic E-state index is -0.252. The first-order chi connectivity index (χ1) is 15.4. The molecule has 0 unspecified atom stereocenters.